The second-order valence-electron chi connectivity index (χ2n) is 17.1. The molecule has 0 aliphatic carbocycles. The second-order valence-corrected chi connectivity index (χ2v) is 18.1. The van der Waals surface area contributed by atoms with Crippen LogP contribution in [0, 0.1) is 0 Å². The first-order valence-corrected chi connectivity index (χ1v) is 25.4. The Balaban J connectivity index is 2.39. The van der Waals surface area contributed by atoms with E-state index in [0.717, 1.165) is 38.5 Å². The summed E-state index contributed by atoms with van der Waals surface area (Å²) in [5.74, 6) is -0.261. The number of amides is 1. The molecule has 1 rings (SSSR count). The van der Waals surface area contributed by atoms with Gasteiger partial charge in [-0.1, -0.05) is 206 Å². The highest BCUT2D eigenvalue weighted by atomic mass is 32.3. The van der Waals surface area contributed by atoms with E-state index < -0.39 is 59.9 Å². The van der Waals surface area contributed by atoms with Gasteiger partial charge in [0.2, 0.25) is 5.91 Å². The maximum Gasteiger partial charge on any atom is 0.397 e. The van der Waals surface area contributed by atoms with Crippen molar-refractivity contribution < 1.29 is 51.8 Å². The topological polar surface area (TPSA) is 192 Å². The molecule has 1 fully saturated rings. The van der Waals surface area contributed by atoms with Gasteiger partial charge >= 0.3 is 10.4 Å². The third-order valence-corrected chi connectivity index (χ3v) is 12.0. The van der Waals surface area contributed by atoms with Crippen molar-refractivity contribution in [1.82, 2.24) is 5.32 Å². The largest absolute Gasteiger partial charge is 0.397 e. The van der Waals surface area contributed by atoms with Gasteiger partial charge in [-0.05, 0) is 19.3 Å². The zero-order chi connectivity index (χ0) is 43.4. The molecule has 350 valence electrons. The number of aliphatic hydroxyl groups excluding tert-OH is 4. The first kappa shape index (κ1) is 55.9. The third-order valence-electron chi connectivity index (χ3n) is 11.6. The van der Waals surface area contributed by atoms with Crippen LogP contribution in [-0.2, 0) is 28.9 Å². The highest BCUT2D eigenvalue weighted by Gasteiger charge is 2.48. The van der Waals surface area contributed by atoms with E-state index in [0.29, 0.717) is 6.42 Å². The van der Waals surface area contributed by atoms with Crippen molar-refractivity contribution in [2.45, 2.75) is 262 Å². The van der Waals surface area contributed by atoms with E-state index in [1.807, 2.05) is 6.08 Å². The molecular formula is C46H89NO11S. The number of rotatable bonds is 41. The van der Waals surface area contributed by atoms with Crippen LogP contribution in [0.5, 0.6) is 0 Å². The summed E-state index contributed by atoms with van der Waals surface area (Å²) in [7, 11) is -5.08. The maximum absolute atomic E-state index is 13.0. The average molecular weight is 864 g/mol. The predicted molar refractivity (Wildman–Crippen MR) is 236 cm³/mol. The summed E-state index contributed by atoms with van der Waals surface area (Å²) in [6.07, 6.45) is 32.7. The molecule has 13 heteroatoms. The zero-order valence-corrected chi connectivity index (χ0v) is 38.1. The number of carbonyl (C=O) groups is 1. The zero-order valence-electron chi connectivity index (χ0n) is 37.3. The molecule has 1 heterocycles. The first-order valence-electron chi connectivity index (χ1n) is 24.1. The fraction of sp³-hybridized carbons (Fsp3) is 0.935. The minimum absolute atomic E-state index is 0.261. The Morgan fingerprint density at radius 2 is 1.07 bits per heavy atom. The molecule has 0 aromatic carbocycles. The van der Waals surface area contributed by atoms with Crippen molar-refractivity contribution in [2.75, 3.05) is 13.2 Å². The third kappa shape index (κ3) is 30.5. The summed E-state index contributed by atoms with van der Waals surface area (Å²) < 4.78 is 47.5. The molecule has 0 saturated carbocycles. The average Bonchev–Trinajstić information content (AvgIpc) is 3.20. The summed E-state index contributed by atoms with van der Waals surface area (Å²) in [5.41, 5.74) is 0. The lowest BCUT2D eigenvalue weighted by Crippen LogP contribution is -2.61. The molecule has 1 aliphatic rings. The molecular weight excluding hydrogens is 775 g/mol. The van der Waals surface area contributed by atoms with Gasteiger partial charge in [0.25, 0.3) is 0 Å². The Labute approximate surface area is 360 Å². The smallest absolute Gasteiger partial charge is 0.394 e. The van der Waals surface area contributed by atoms with Crippen LogP contribution in [0.25, 0.3) is 0 Å². The van der Waals surface area contributed by atoms with Crippen LogP contribution in [0.1, 0.15) is 219 Å². The van der Waals surface area contributed by atoms with Gasteiger partial charge in [0.1, 0.15) is 24.4 Å². The molecule has 1 amide bonds. The van der Waals surface area contributed by atoms with Crippen LogP contribution < -0.4 is 5.32 Å². The minimum atomic E-state index is -5.08. The van der Waals surface area contributed by atoms with E-state index in [-0.39, 0.29) is 18.9 Å². The summed E-state index contributed by atoms with van der Waals surface area (Å²) in [5, 5.41) is 44.6. The van der Waals surface area contributed by atoms with Gasteiger partial charge in [-0.2, -0.15) is 8.42 Å². The van der Waals surface area contributed by atoms with Crippen molar-refractivity contribution in [3.05, 3.63) is 12.2 Å². The molecule has 0 spiro atoms. The maximum atomic E-state index is 13.0. The lowest BCUT2D eigenvalue weighted by molar-refractivity contribution is -0.298. The van der Waals surface area contributed by atoms with Gasteiger partial charge < -0.3 is 35.2 Å². The molecule has 0 aromatic rings. The fourth-order valence-electron chi connectivity index (χ4n) is 7.81. The van der Waals surface area contributed by atoms with Gasteiger partial charge in [0.15, 0.2) is 6.29 Å². The van der Waals surface area contributed by atoms with E-state index in [4.69, 9.17) is 14.0 Å². The second kappa shape index (κ2) is 37.4. The molecule has 7 atom stereocenters. The van der Waals surface area contributed by atoms with Crippen LogP contribution in [0.4, 0.5) is 0 Å². The van der Waals surface area contributed by atoms with Crippen LogP contribution in [0.2, 0.25) is 0 Å². The lowest BCUT2D eigenvalue weighted by Gasteiger charge is -2.41. The van der Waals surface area contributed by atoms with Gasteiger partial charge in [0.05, 0.1) is 25.4 Å². The Kier molecular flexibility index (Phi) is 35.4. The van der Waals surface area contributed by atoms with E-state index in [2.05, 4.69) is 23.3 Å². The van der Waals surface area contributed by atoms with Crippen LogP contribution >= 0.6 is 0 Å². The predicted octanol–water partition coefficient (Wildman–Crippen LogP) is 9.55. The van der Waals surface area contributed by atoms with E-state index in [1.165, 1.54) is 154 Å². The van der Waals surface area contributed by atoms with E-state index in [9.17, 15) is 33.6 Å². The Bertz CT molecular complexity index is 1110. The Morgan fingerprint density at radius 3 is 1.47 bits per heavy atom. The van der Waals surface area contributed by atoms with Gasteiger partial charge in [-0.25, -0.2) is 4.18 Å². The normalized spacial score (nSPS) is 21.0. The Morgan fingerprint density at radius 1 is 0.661 bits per heavy atom. The number of hydrogen-bond acceptors (Lipinski definition) is 10. The summed E-state index contributed by atoms with van der Waals surface area (Å²) in [6.45, 7) is 3.37. The molecule has 12 nitrogen and oxygen atoms in total. The van der Waals surface area contributed by atoms with Crippen LogP contribution in [-0.4, -0.2) is 95.4 Å². The minimum Gasteiger partial charge on any atom is -0.394 e. The van der Waals surface area contributed by atoms with Crippen molar-refractivity contribution >= 4 is 16.3 Å². The number of carbonyl (C=O) groups excluding carboxylic acids is 1. The highest BCUT2D eigenvalue weighted by molar-refractivity contribution is 7.80. The van der Waals surface area contributed by atoms with Crippen LogP contribution in [0.3, 0.4) is 0 Å². The number of hydrogen-bond donors (Lipinski definition) is 6. The quantitative estimate of drug-likeness (QED) is 0.0195. The first-order chi connectivity index (χ1) is 28.5. The summed E-state index contributed by atoms with van der Waals surface area (Å²) >= 11 is 0. The molecule has 1 aliphatic heterocycles. The van der Waals surface area contributed by atoms with Crippen molar-refractivity contribution in [3.8, 4) is 0 Å². The summed E-state index contributed by atoms with van der Waals surface area (Å²) in [4.78, 5) is 13.0. The molecule has 1 saturated heterocycles. The molecule has 0 radical (unpaired) electrons. The highest BCUT2D eigenvalue weighted by Crippen LogP contribution is 2.26. The number of unbranched alkanes of at least 4 members (excludes halogenated alkanes) is 29. The van der Waals surface area contributed by atoms with E-state index in [1.54, 1.807) is 6.08 Å². The fourth-order valence-corrected chi connectivity index (χ4v) is 8.32. The monoisotopic (exact) mass is 864 g/mol. The SMILES string of the molecule is CCCCCCCCCC/C=C/C(O)C(COC1OC(CO)C(O)C(OS(=O)(=O)O)C1O)NC(=O)CCCCCCCCCCCCCCCCCCCCCCCC. The van der Waals surface area contributed by atoms with Gasteiger partial charge in [-0.3, -0.25) is 9.35 Å². The number of allylic oxidation sites excluding steroid dienone is 1. The standard InChI is InChI=1S/C46H89NO11S/c1-3-5-7-9-11-13-15-16-17-18-19-20-21-22-23-24-25-26-28-30-32-34-36-42(50)47-39(40(49)35-33-31-29-27-14-12-10-8-6-4-2)38-56-46-44(52)45(58-59(53,54)55)43(51)41(37-48)57-46/h33,35,39-41,43-46,48-49,51-52H,3-32,34,36-38H2,1-2H3,(H,47,50)(H,53,54,55)/b35-33+. The lowest BCUT2D eigenvalue weighted by atomic mass is 9.99. The number of ether oxygens (including phenoxy) is 2. The molecule has 7 unspecified atom stereocenters. The summed E-state index contributed by atoms with van der Waals surface area (Å²) in [6, 6.07) is -0.937. The van der Waals surface area contributed by atoms with E-state index >= 15 is 0 Å². The molecule has 0 bridgehead atoms. The number of aliphatic hydroxyl groups is 4. The van der Waals surface area contributed by atoms with Gasteiger partial charge in [0, 0.05) is 6.42 Å². The Hall–Kier alpha value is -1.16. The molecule has 0 aromatic heterocycles. The molecule has 59 heavy (non-hydrogen) atoms. The number of nitrogens with one attached hydrogen (secondary N) is 1. The van der Waals surface area contributed by atoms with Gasteiger partial charge in [-0.15, -0.1) is 0 Å². The van der Waals surface area contributed by atoms with Crippen molar-refractivity contribution in [1.29, 1.82) is 0 Å². The van der Waals surface area contributed by atoms with Crippen LogP contribution in [0.15, 0.2) is 12.2 Å². The van der Waals surface area contributed by atoms with Crippen molar-refractivity contribution in [2.24, 2.45) is 0 Å². The molecule has 6 N–H and O–H groups in total. The van der Waals surface area contributed by atoms with Crippen molar-refractivity contribution in [3.63, 3.8) is 0 Å².